The van der Waals surface area contributed by atoms with Gasteiger partial charge >= 0.3 is 5.97 Å². The average Bonchev–Trinajstić information content (AvgIpc) is 2.50. The van der Waals surface area contributed by atoms with Gasteiger partial charge in [0, 0.05) is 0 Å². The van der Waals surface area contributed by atoms with E-state index in [0.717, 1.165) is 18.4 Å². The first-order valence-electron chi connectivity index (χ1n) is 8.06. The smallest absolute Gasteiger partial charge is 0.339 e. The van der Waals surface area contributed by atoms with E-state index in [-0.39, 0.29) is 12.1 Å². The van der Waals surface area contributed by atoms with Gasteiger partial charge in [0.1, 0.15) is 0 Å². The van der Waals surface area contributed by atoms with Gasteiger partial charge in [0.05, 0.1) is 12.7 Å². The van der Waals surface area contributed by atoms with E-state index in [9.17, 15) is 4.79 Å². The van der Waals surface area contributed by atoms with Gasteiger partial charge in [-0.2, -0.15) is 0 Å². The molecule has 0 saturated carbocycles. The number of esters is 1. The van der Waals surface area contributed by atoms with Crippen molar-refractivity contribution >= 4 is 5.97 Å². The molecule has 0 aromatic heterocycles. The van der Waals surface area contributed by atoms with Gasteiger partial charge in [-0.1, -0.05) is 62.9 Å². The summed E-state index contributed by atoms with van der Waals surface area (Å²) in [5.41, 5.74) is 0.858. The fourth-order valence-electron chi connectivity index (χ4n) is 2.27. The number of carbonyl (C=O) groups excluding carboxylic acids is 1. The van der Waals surface area contributed by atoms with Crippen molar-refractivity contribution in [3.8, 4) is 0 Å². The molecule has 0 heterocycles. The van der Waals surface area contributed by atoms with E-state index in [4.69, 9.17) is 9.47 Å². The molecule has 3 nitrogen and oxygen atoms in total. The van der Waals surface area contributed by atoms with Gasteiger partial charge in [-0.25, -0.2) is 4.79 Å². The number of benzene rings is 1. The van der Waals surface area contributed by atoms with Crippen LogP contribution in [0.15, 0.2) is 30.3 Å². The zero-order chi connectivity index (χ0) is 15.5. The van der Waals surface area contributed by atoms with Crippen LogP contribution in [-0.2, 0) is 14.3 Å². The molecule has 1 aromatic carbocycles. The summed E-state index contributed by atoms with van der Waals surface area (Å²) in [6.45, 7) is 6.41. The van der Waals surface area contributed by atoms with Crippen molar-refractivity contribution in [1.29, 1.82) is 0 Å². The standard InChI is InChI=1S/C18H28O3/c1-4-6-7-9-12-15(3)21-17(18(19)20-5-2)16-13-10-8-11-14-16/h8,10-11,13-15,17H,4-7,9,12H2,1-3H3. The van der Waals surface area contributed by atoms with Crippen LogP contribution in [-0.4, -0.2) is 18.7 Å². The van der Waals surface area contributed by atoms with E-state index in [1.807, 2.05) is 44.2 Å². The molecule has 3 heteroatoms. The molecule has 0 bridgehead atoms. The number of hydrogen-bond donors (Lipinski definition) is 0. The Morgan fingerprint density at radius 3 is 2.43 bits per heavy atom. The lowest BCUT2D eigenvalue weighted by atomic mass is 10.1. The normalized spacial score (nSPS) is 13.7. The minimum Gasteiger partial charge on any atom is -0.464 e. The second kappa shape index (κ2) is 10.4. The monoisotopic (exact) mass is 292 g/mol. The first-order chi connectivity index (χ1) is 10.2. The molecule has 2 unspecified atom stereocenters. The second-order valence-electron chi connectivity index (χ2n) is 5.34. The predicted octanol–water partition coefficient (Wildman–Crippen LogP) is 4.67. The summed E-state index contributed by atoms with van der Waals surface area (Å²) in [7, 11) is 0. The minimum atomic E-state index is -0.618. The van der Waals surface area contributed by atoms with Crippen LogP contribution in [0.5, 0.6) is 0 Å². The molecule has 2 atom stereocenters. The Kier molecular flexibility index (Phi) is 8.76. The van der Waals surface area contributed by atoms with Gasteiger partial charge in [-0.05, 0) is 25.8 Å². The number of unbranched alkanes of at least 4 members (excludes halogenated alkanes) is 3. The molecule has 1 rings (SSSR count). The van der Waals surface area contributed by atoms with Crippen LogP contribution in [0.25, 0.3) is 0 Å². The van der Waals surface area contributed by atoms with Crippen LogP contribution >= 0.6 is 0 Å². The fraction of sp³-hybridized carbons (Fsp3) is 0.611. The number of carbonyl (C=O) groups is 1. The maximum Gasteiger partial charge on any atom is 0.339 e. The van der Waals surface area contributed by atoms with Crippen LogP contribution in [0.4, 0.5) is 0 Å². The highest BCUT2D eigenvalue weighted by Crippen LogP contribution is 2.22. The summed E-state index contributed by atoms with van der Waals surface area (Å²) in [6.07, 6.45) is 5.25. The lowest BCUT2D eigenvalue weighted by Crippen LogP contribution is -2.23. The summed E-state index contributed by atoms with van der Waals surface area (Å²) in [5, 5.41) is 0. The minimum absolute atomic E-state index is 0.0523. The topological polar surface area (TPSA) is 35.5 Å². The molecule has 0 radical (unpaired) electrons. The molecule has 0 fully saturated rings. The van der Waals surface area contributed by atoms with Crippen LogP contribution in [0.1, 0.15) is 64.5 Å². The van der Waals surface area contributed by atoms with Crippen LogP contribution < -0.4 is 0 Å². The molecule has 1 aromatic rings. The van der Waals surface area contributed by atoms with Crippen molar-refractivity contribution in [3.05, 3.63) is 35.9 Å². The van der Waals surface area contributed by atoms with Gasteiger partial charge < -0.3 is 9.47 Å². The third-order valence-corrected chi connectivity index (χ3v) is 3.44. The van der Waals surface area contributed by atoms with E-state index in [1.54, 1.807) is 0 Å². The van der Waals surface area contributed by atoms with Crippen LogP contribution in [0.2, 0.25) is 0 Å². The molecule has 0 aliphatic rings. The highest BCUT2D eigenvalue weighted by atomic mass is 16.6. The maximum atomic E-state index is 12.1. The van der Waals surface area contributed by atoms with Gasteiger partial charge in [-0.3, -0.25) is 0 Å². The van der Waals surface area contributed by atoms with Crippen molar-refractivity contribution in [2.24, 2.45) is 0 Å². The van der Waals surface area contributed by atoms with Gasteiger partial charge in [0.2, 0.25) is 0 Å². The largest absolute Gasteiger partial charge is 0.464 e. The average molecular weight is 292 g/mol. The Labute approximate surface area is 128 Å². The zero-order valence-corrected chi connectivity index (χ0v) is 13.5. The van der Waals surface area contributed by atoms with Crippen molar-refractivity contribution in [3.63, 3.8) is 0 Å². The molecule has 118 valence electrons. The lowest BCUT2D eigenvalue weighted by Gasteiger charge is -2.21. The highest BCUT2D eigenvalue weighted by molar-refractivity contribution is 5.76. The van der Waals surface area contributed by atoms with E-state index >= 15 is 0 Å². The first kappa shape index (κ1) is 17.7. The number of ether oxygens (including phenoxy) is 2. The summed E-state index contributed by atoms with van der Waals surface area (Å²) in [4.78, 5) is 12.1. The van der Waals surface area contributed by atoms with Crippen molar-refractivity contribution < 1.29 is 14.3 Å². The molecule has 21 heavy (non-hydrogen) atoms. The van der Waals surface area contributed by atoms with Gasteiger partial charge in [-0.15, -0.1) is 0 Å². The molecule has 0 saturated heterocycles. The predicted molar refractivity (Wildman–Crippen MR) is 85.1 cm³/mol. The maximum absolute atomic E-state index is 12.1. The number of hydrogen-bond acceptors (Lipinski definition) is 3. The van der Waals surface area contributed by atoms with Crippen molar-refractivity contribution in [2.75, 3.05) is 6.61 Å². The third kappa shape index (κ3) is 6.76. The molecular weight excluding hydrogens is 264 g/mol. The first-order valence-corrected chi connectivity index (χ1v) is 8.06. The summed E-state index contributed by atoms with van der Waals surface area (Å²) in [6, 6.07) is 9.57. The summed E-state index contributed by atoms with van der Waals surface area (Å²) in [5.74, 6) is -0.302. The lowest BCUT2D eigenvalue weighted by molar-refractivity contribution is -0.161. The highest BCUT2D eigenvalue weighted by Gasteiger charge is 2.24. The molecule has 0 aliphatic carbocycles. The Bertz CT molecular complexity index is 389. The molecular formula is C18H28O3. The van der Waals surface area contributed by atoms with Crippen molar-refractivity contribution in [2.45, 2.75) is 65.1 Å². The molecule has 0 amide bonds. The Morgan fingerprint density at radius 1 is 1.10 bits per heavy atom. The quantitative estimate of drug-likeness (QED) is 0.464. The van der Waals surface area contributed by atoms with E-state index in [2.05, 4.69) is 6.92 Å². The summed E-state index contributed by atoms with van der Waals surface area (Å²) >= 11 is 0. The summed E-state index contributed by atoms with van der Waals surface area (Å²) < 4.78 is 11.1. The van der Waals surface area contributed by atoms with E-state index in [0.29, 0.717) is 6.61 Å². The molecule has 0 spiro atoms. The van der Waals surface area contributed by atoms with E-state index < -0.39 is 6.10 Å². The second-order valence-corrected chi connectivity index (χ2v) is 5.34. The van der Waals surface area contributed by atoms with E-state index in [1.165, 1.54) is 19.3 Å². The molecule has 0 aliphatic heterocycles. The SMILES string of the molecule is CCCCCCC(C)OC(C(=O)OCC)c1ccccc1. The third-order valence-electron chi connectivity index (χ3n) is 3.44. The zero-order valence-electron chi connectivity index (χ0n) is 13.5. The Balaban J connectivity index is 2.59. The fourth-order valence-corrected chi connectivity index (χ4v) is 2.27. The van der Waals surface area contributed by atoms with Gasteiger partial charge in [0.25, 0.3) is 0 Å². The number of rotatable bonds is 10. The molecule has 0 N–H and O–H groups in total. The van der Waals surface area contributed by atoms with Crippen molar-refractivity contribution in [1.82, 2.24) is 0 Å². The van der Waals surface area contributed by atoms with Crippen LogP contribution in [0.3, 0.4) is 0 Å². The Morgan fingerprint density at radius 2 is 1.81 bits per heavy atom. The van der Waals surface area contributed by atoms with Crippen LogP contribution in [0, 0.1) is 0 Å². The van der Waals surface area contributed by atoms with Gasteiger partial charge in [0.15, 0.2) is 6.10 Å². The Hall–Kier alpha value is -1.35.